The Kier molecular flexibility index (Phi) is 5.72. The minimum Gasteiger partial charge on any atom is -0.384 e. The van der Waals surface area contributed by atoms with Crippen LogP contribution >= 0.6 is 11.3 Å². The molecule has 2 aromatic rings. The van der Waals surface area contributed by atoms with Crippen molar-refractivity contribution in [2.24, 2.45) is 5.41 Å². The Balaban J connectivity index is 1.68. The fraction of sp³-hybridized carbons (Fsp3) is 0.471. The SMILES string of the molecule is COCC1(C(=O)Nc2nnc(Cc3ccccc3F)s2)CCNCC1. The second kappa shape index (κ2) is 7.99. The molecule has 0 saturated carbocycles. The molecule has 1 amide bonds. The van der Waals surface area contributed by atoms with Crippen LogP contribution in [0.15, 0.2) is 24.3 Å². The molecular weight excluding hydrogens is 343 g/mol. The molecule has 1 aromatic heterocycles. The van der Waals surface area contributed by atoms with E-state index in [1.54, 1.807) is 25.3 Å². The predicted octanol–water partition coefficient (Wildman–Crippen LogP) is 2.22. The molecule has 8 heteroatoms. The lowest BCUT2D eigenvalue weighted by Gasteiger charge is -2.35. The first kappa shape index (κ1) is 17.9. The fourth-order valence-electron chi connectivity index (χ4n) is 3.03. The van der Waals surface area contributed by atoms with Gasteiger partial charge in [0.25, 0.3) is 0 Å². The lowest BCUT2D eigenvalue weighted by atomic mass is 9.79. The lowest BCUT2D eigenvalue weighted by Crippen LogP contribution is -2.47. The van der Waals surface area contributed by atoms with E-state index in [4.69, 9.17) is 4.74 Å². The molecule has 0 radical (unpaired) electrons. The van der Waals surface area contributed by atoms with Crippen molar-refractivity contribution in [1.82, 2.24) is 15.5 Å². The zero-order chi connectivity index (χ0) is 17.7. The molecule has 0 aliphatic carbocycles. The topological polar surface area (TPSA) is 76.1 Å². The van der Waals surface area contributed by atoms with Crippen molar-refractivity contribution in [1.29, 1.82) is 0 Å². The minimum atomic E-state index is -0.544. The number of ether oxygens (including phenoxy) is 1. The molecule has 0 bridgehead atoms. The average molecular weight is 364 g/mol. The maximum absolute atomic E-state index is 13.7. The number of anilines is 1. The third kappa shape index (κ3) is 4.20. The smallest absolute Gasteiger partial charge is 0.234 e. The molecule has 6 nitrogen and oxygen atoms in total. The van der Waals surface area contributed by atoms with Crippen LogP contribution in [0.4, 0.5) is 9.52 Å². The zero-order valence-corrected chi connectivity index (χ0v) is 14.9. The van der Waals surface area contributed by atoms with Gasteiger partial charge in [-0.15, -0.1) is 10.2 Å². The van der Waals surface area contributed by atoms with Crippen LogP contribution < -0.4 is 10.6 Å². The summed E-state index contributed by atoms with van der Waals surface area (Å²) in [7, 11) is 1.61. The zero-order valence-electron chi connectivity index (χ0n) is 14.0. The summed E-state index contributed by atoms with van der Waals surface area (Å²) in [5.74, 6) is -0.360. The molecule has 1 aliphatic heterocycles. The highest BCUT2D eigenvalue weighted by molar-refractivity contribution is 7.15. The molecule has 2 N–H and O–H groups in total. The van der Waals surface area contributed by atoms with E-state index in [1.807, 2.05) is 0 Å². The lowest BCUT2D eigenvalue weighted by molar-refractivity contribution is -0.130. The van der Waals surface area contributed by atoms with Crippen LogP contribution in [0.3, 0.4) is 0 Å². The maximum atomic E-state index is 13.7. The number of methoxy groups -OCH3 is 1. The maximum Gasteiger partial charge on any atom is 0.234 e. The van der Waals surface area contributed by atoms with Gasteiger partial charge < -0.3 is 10.1 Å². The van der Waals surface area contributed by atoms with E-state index in [0.29, 0.717) is 41.6 Å². The monoisotopic (exact) mass is 364 g/mol. The number of halogens is 1. The first-order valence-corrected chi connectivity index (χ1v) is 9.01. The fourth-order valence-corrected chi connectivity index (χ4v) is 3.79. The summed E-state index contributed by atoms with van der Waals surface area (Å²) in [5.41, 5.74) is 0.0166. The molecule has 2 heterocycles. The summed E-state index contributed by atoms with van der Waals surface area (Å²) >= 11 is 1.27. The van der Waals surface area contributed by atoms with Gasteiger partial charge >= 0.3 is 0 Å². The second-order valence-corrected chi connectivity index (χ2v) is 7.25. The molecule has 0 unspecified atom stereocenters. The van der Waals surface area contributed by atoms with Crippen LogP contribution in [0.2, 0.25) is 0 Å². The van der Waals surface area contributed by atoms with Crippen LogP contribution in [0.25, 0.3) is 0 Å². The second-order valence-electron chi connectivity index (χ2n) is 6.19. The van der Waals surface area contributed by atoms with Gasteiger partial charge in [0.15, 0.2) is 0 Å². The van der Waals surface area contributed by atoms with Gasteiger partial charge in [-0.1, -0.05) is 29.5 Å². The Morgan fingerprint density at radius 1 is 1.36 bits per heavy atom. The summed E-state index contributed by atoms with van der Waals surface area (Å²) < 4.78 is 19.0. The van der Waals surface area contributed by atoms with Gasteiger partial charge in [0, 0.05) is 13.5 Å². The van der Waals surface area contributed by atoms with Crippen LogP contribution in [0.5, 0.6) is 0 Å². The van der Waals surface area contributed by atoms with Crippen molar-refractivity contribution >= 4 is 22.4 Å². The van der Waals surface area contributed by atoms with Crippen molar-refractivity contribution in [2.45, 2.75) is 19.3 Å². The van der Waals surface area contributed by atoms with Crippen LogP contribution in [-0.2, 0) is 16.0 Å². The molecule has 0 atom stereocenters. The molecule has 1 aromatic carbocycles. The first-order valence-electron chi connectivity index (χ1n) is 8.20. The van der Waals surface area contributed by atoms with Gasteiger partial charge in [0.1, 0.15) is 10.8 Å². The van der Waals surface area contributed by atoms with Crippen molar-refractivity contribution in [3.8, 4) is 0 Å². The minimum absolute atomic E-state index is 0.0931. The van der Waals surface area contributed by atoms with Gasteiger partial charge in [0.2, 0.25) is 11.0 Å². The number of carbonyl (C=O) groups is 1. The number of hydrogen-bond acceptors (Lipinski definition) is 6. The van der Waals surface area contributed by atoms with Gasteiger partial charge in [-0.3, -0.25) is 10.1 Å². The molecule has 3 rings (SSSR count). The molecule has 1 fully saturated rings. The number of amides is 1. The van der Waals surface area contributed by atoms with E-state index >= 15 is 0 Å². The molecule has 1 saturated heterocycles. The van der Waals surface area contributed by atoms with Gasteiger partial charge in [-0.25, -0.2) is 4.39 Å². The summed E-state index contributed by atoms with van der Waals surface area (Å²) in [4.78, 5) is 12.8. The Labute approximate surface area is 149 Å². The molecule has 134 valence electrons. The van der Waals surface area contributed by atoms with E-state index in [0.717, 1.165) is 13.1 Å². The number of rotatable bonds is 6. The number of piperidine rings is 1. The van der Waals surface area contributed by atoms with E-state index < -0.39 is 5.41 Å². The van der Waals surface area contributed by atoms with E-state index in [-0.39, 0.29) is 11.7 Å². The average Bonchev–Trinajstić information content (AvgIpc) is 3.05. The third-order valence-electron chi connectivity index (χ3n) is 4.45. The summed E-state index contributed by atoms with van der Waals surface area (Å²) in [6.45, 7) is 1.94. The molecule has 25 heavy (non-hydrogen) atoms. The number of benzene rings is 1. The number of nitrogens with one attached hydrogen (secondary N) is 2. The number of aromatic nitrogens is 2. The van der Waals surface area contributed by atoms with Crippen molar-refractivity contribution in [2.75, 3.05) is 32.1 Å². The standard InChI is InChI=1S/C17H21FN4O2S/c1-24-11-17(6-8-19-9-7-17)15(23)20-16-22-21-14(25-16)10-12-4-2-3-5-13(12)18/h2-5,19H,6-11H2,1H3,(H,20,22,23). The van der Waals surface area contributed by atoms with Crippen molar-refractivity contribution in [3.05, 3.63) is 40.7 Å². The first-order chi connectivity index (χ1) is 12.1. The van der Waals surface area contributed by atoms with Crippen molar-refractivity contribution in [3.63, 3.8) is 0 Å². The Hall–Kier alpha value is -1.90. The summed E-state index contributed by atoms with van der Waals surface area (Å²) in [5, 5.41) is 15.3. The largest absolute Gasteiger partial charge is 0.384 e. The Morgan fingerprint density at radius 2 is 2.12 bits per heavy atom. The number of carbonyl (C=O) groups excluding carboxylic acids is 1. The number of hydrogen-bond donors (Lipinski definition) is 2. The Bertz CT molecular complexity index is 725. The normalized spacial score (nSPS) is 16.6. The highest BCUT2D eigenvalue weighted by Crippen LogP contribution is 2.31. The molecular formula is C17H21FN4O2S. The summed E-state index contributed by atoms with van der Waals surface area (Å²) in [6.07, 6.45) is 1.79. The van der Waals surface area contributed by atoms with E-state index in [2.05, 4.69) is 20.8 Å². The highest BCUT2D eigenvalue weighted by Gasteiger charge is 2.40. The summed E-state index contributed by atoms with van der Waals surface area (Å²) in [6, 6.07) is 6.58. The third-order valence-corrected chi connectivity index (χ3v) is 5.29. The Morgan fingerprint density at radius 3 is 2.84 bits per heavy atom. The van der Waals surface area contributed by atoms with Gasteiger partial charge in [-0.05, 0) is 37.6 Å². The van der Waals surface area contributed by atoms with Crippen LogP contribution in [-0.4, -0.2) is 42.9 Å². The van der Waals surface area contributed by atoms with Crippen LogP contribution in [0.1, 0.15) is 23.4 Å². The predicted molar refractivity (Wildman–Crippen MR) is 94.2 cm³/mol. The molecule has 1 aliphatic rings. The van der Waals surface area contributed by atoms with E-state index in [9.17, 15) is 9.18 Å². The molecule has 0 spiro atoms. The van der Waals surface area contributed by atoms with Crippen molar-refractivity contribution < 1.29 is 13.9 Å². The van der Waals surface area contributed by atoms with Crippen LogP contribution in [0, 0.1) is 11.2 Å². The van der Waals surface area contributed by atoms with E-state index in [1.165, 1.54) is 17.4 Å². The highest BCUT2D eigenvalue weighted by atomic mass is 32.1. The number of nitrogens with zero attached hydrogens (tertiary/aromatic N) is 2. The van der Waals surface area contributed by atoms with Gasteiger partial charge in [-0.2, -0.15) is 0 Å². The van der Waals surface area contributed by atoms with Gasteiger partial charge in [0.05, 0.1) is 12.0 Å². The quantitative estimate of drug-likeness (QED) is 0.822.